The second kappa shape index (κ2) is 6.79. The lowest BCUT2D eigenvalue weighted by Crippen LogP contribution is -2.27. The number of hydrogen-bond donors (Lipinski definition) is 0. The molecular weight excluding hydrogens is 266 g/mol. The van der Waals surface area contributed by atoms with Crippen molar-refractivity contribution >= 4 is 5.97 Å². The zero-order chi connectivity index (χ0) is 14.5. The molecule has 0 bridgehead atoms. The van der Waals surface area contributed by atoms with Crippen molar-refractivity contribution in [2.75, 3.05) is 7.11 Å². The number of benzene rings is 1. The Morgan fingerprint density at radius 3 is 2.35 bits per heavy atom. The molecule has 3 nitrogen and oxygen atoms in total. The topological polar surface area (TPSA) is 35.5 Å². The van der Waals surface area contributed by atoms with Crippen molar-refractivity contribution in [2.45, 2.75) is 38.4 Å². The van der Waals surface area contributed by atoms with E-state index in [2.05, 4.69) is 0 Å². The monoisotopic (exact) mass is 284 g/mol. The van der Waals surface area contributed by atoms with Crippen LogP contribution < -0.4 is 0 Å². The van der Waals surface area contributed by atoms with Crippen molar-refractivity contribution in [3.63, 3.8) is 0 Å². The minimum Gasteiger partial charge on any atom is -0.469 e. The van der Waals surface area contributed by atoms with Crippen LogP contribution in [0.25, 0.3) is 0 Å². The second-order valence-corrected chi connectivity index (χ2v) is 5.01. The van der Waals surface area contributed by atoms with E-state index in [1.54, 1.807) is 0 Å². The highest BCUT2D eigenvalue weighted by atomic mass is 19.1. The Balaban J connectivity index is 1.83. The van der Waals surface area contributed by atoms with E-state index in [4.69, 9.17) is 9.47 Å². The lowest BCUT2D eigenvalue weighted by Gasteiger charge is -2.27. The second-order valence-electron chi connectivity index (χ2n) is 5.01. The van der Waals surface area contributed by atoms with Gasteiger partial charge in [-0.2, -0.15) is 0 Å². The molecule has 0 amide bonds. The summed E-state index contributed by atoms with van der Waals surface area (Å²) in [5.74, 6) is -1.45. The van der Waals surface area contributed by atoms with Gasteiger partial charge in [-0.1, -0.05) is 6.07 Å². The maximum absolute atomic E-state index is 13.4. The number of hydrogen-bond acceptors (Lipinski definition) is 3. The van der Waals surface area contributed by atoms with Crippen LogP contribution in [0, 0.1) is 17.6 Å². The quantitative estimate of drug-likeness (QED) is 0.796. The number of methoxy groups -OCH3 is 1. The van der Waals surface area contributed by atoms with Gasteiger partial charge in [0.15, 0.2) is 0 Å². The molecule has 1 aliphatic carbocycles. The summed E-state index contributed by atoms with van der Waals surface area (Å²) in [6.45, 7) is -0.0773. The molecule has 1 aromatic rings. The standard InChI is InChI=1S/C15H18F2O3/c1-19-15(18)10-5-7-11(8-6-10)20-9-12-13(16)3-2-4-14(12)17/h2-4,10-11H,5-9H2,1H3. The van der Waals surface area contributed by atoms with E-state index in [0.29, 0.717) is 25.7 Å². The Kier molecular flexibility index (Phi) is 5.06. The van der Waals surface area contributed by atoms with Gasteiger partial charge in [-0.05, 0) is 37.8 Å². The first-order valence-corrected chi connectivity index (χ1v) is 6.74. The Morgan fingerprint density at radius 2 is 1.80 bits per heavy atom. The van der Waals surface area contributed by atoms with Gasteiger partial charge in [0.2, 0.25) is 0 Å². The zero-order valence-corrected chi connectivity index (χ0v) is 11.4. The summed E-state index contributed by atoms with van der Waals surface area (Å²) >= 11 is 0. The SMILES string of the molecule is COC(=O)C1CCC(OCc2c(F)cccc2F)CC1. The van der Waals surface area contributed by atoms with Gasteiger partial charge in [-0.25, -0.2) is 8.78 Å². The number of carbonyl (C=O) groups is 1. The number of rotatable bonds is 4. The van der Waals surface area contributed by atoms with Crippen LogP contribution in [-0.4, -0.2) is 19.2 Å². The lowest BCUT2D eigenvalue weighted by molar-refractivity contribution is -0.147. The van der Waals surface area contributed by atoms with Gasteiger partial charge in [0, 0.05) is 5.56 Å². The average Bonchev–Trinajstić information content (AvgIpc) is 2.46. The fraction of sp³-hybridized carbons (Fsp3) is 0.533. The predicted molar refractivity (Wildman–Crippen MR) is 68.9 cm³/mol. The summed E-state index contributed by atoms with van der Waals surface area (Å²) in [5, 5.41) is 0. The summed E-state index contributed by atoms with van der Waals surface area (Å²) < 4.78 is 37.1. The highest BCUT2D eigenvalue weighted by molar-refractivity contribution is 5.72. The lowest BCUT2D eigenvalue weighted by atomic mass is 9.87. The van der Waals surface area contributed by atoms with Crippen molar-refractivity contribution < 1.29 is 23.0 Å². The third kappa shape index (κ3) is 3.54. The molecule has 1 aromatic carbocycles. The van der Waals surface area contributed by atoms with Crippen LogP contribution in [0.5, 0.6) is 0 Å². The first kappa shape index (κ1) is 14.9. The van der Waals surface area contributed by atoms with E-state index in [1.807, 2.05) is 0 Å². The van der Waals surface area contributed by atoms with Crippen molar-refractivity contribution in [2.24, 2.45) is 5.92 Å². The molecule has 0 aliphatic heterocycles. The van der Waals surface area contributed by atoms with Crippen LogP contribution in [0.1, 0.15) is 31.2 Å². The summed E-state index contributed by atoms with van der Waals surface area (Å²) in [6, 6.07) is 3.77. The van der Waals surface area contributed by atoms with Crippen LogP contribution >= 0.6 is 0 Å². The molecular formula is C15H18F2O3. The smallest absolute Gasteiger partial charge is 0.308 e. The van der Waals surface area contributed by atoms with Crippen LogP contribution in [-0.2, 0) is 20.9 Å². The van der Waals surface area contributed by atoms with Crippen LogP contribution in [0.4, 0.5) is 8.78 Å². The normalized spacial score (nSPS) is 22.6. The molecule has 1 aliphatic rings. The zero-order valence-electron chi connectivity index (χ0n) is 11.4. The Labute approximate surface area is 116 Å². The number of carbonyl (C=O) groups excluding carboxylic acids is 1. The first-order valence-electron chi connectivity index (χ1n) is 6.74. The summed E-state index contributed by atoms with van der Waals surface area (Å²) in [6.07, 6.45) is 2.73. The Morgan fingerprint density at radius 1 is 1.20 bits per heavy atom. The fourth-order valence-corrected chi connectivity index (χ4v) is 2.50. The van der Waals surface area contributed by atoms with Crippen LogP contribution in [0.2, 0.25) is 0 Å². The molecule has 1 fully saturated rings. The third-order valence-corrected chi connectivity index (χ3v) is 3.73. The average molecular weight is 284 g/mol. The van der Waals surface area contributed by atoms with Gasteiger partial charge in [-0.3, -0.25) is 4.79 Å². The molecule has 20 heavy (non-hydrogen) atoms. The highest BCUT2D eigenvalue weighted by Crippen LogP contribution is 2.28. The maximum atomic E-state index is 13.4. The predicted octanol–water partition coefficient (Wildman–Crippen LogP) is 3.21. The van der Waals surface area contributed by atoms with Crippen molar-refractivity contribution in [1.82, 2.24) is 0 Å². The molecule has 5 heteroatoms. The molecule has 0 aromatic heterocycles. The largest absolute Gasteiger partial charge is 0.469 e. The molecule has 0 radical (unpaired) electrons. The molecule has 0 unspecified atom stereocenters. The van der Waals surface area contributed by atoms with E-state index in [0.717, 1.165) is 0 Å². The van der Waals surface area contributed by atoms with Gasteiger partial charge in [0.05, 0.1) is 25.7 Å². The van der Waals surface area contributed by atoms with Crippen molar-refractivity contribution in [3.05, 3.63) is 35.4 Å². The Bertz CT molecular complexity index is 448. The van der Waals surface area contributed by atoms with Gasteiger partial charge in [0.1, 0.15) is 11.6 Å². The number of halogens is 2. The molecule has 0 N–H and O–H groups in total. The summed E-state index contributed by atoms with van der Waals surface area (Å²) in [7, 11) is 1.38. The fourth-order valence-electron chi connectivity index (χ4n) is 2.50. The van der Waals surface area contributed by atoms with E-state index in [9.17, 15) is 13.6 Å². The van der Waals surface area contributed by atoms with Crippen LogP contribution in [0.15, 0.2) is 18.2 Å². The number of ether oxygens (including phenoxy) is 2. The molecule has 0 atom stereocenters. The Hall–Kier alpha value is -1.49. The van der Waals surface area contributed by atoms with Gasteiger partial charge in [-0.15, -0.1) is 0 Å². The molecule has 0 saturated heterocycles. The van der Waals surface area contributed by atoms with Gasteiger partial charge < -0.3 is 9.47 Å². The molecule has 0 spiro atoms. The summed E-state index contributed by atoms with van der Waals surface area (Å²) in [4.78, 5) is 11.4. The first-order chi connectivity index (χ1) is 9.61. The molecule has 0 heterocycles. The minimum absolute atomic E-state index is 0.0393. The van der Waals surface area contributed by atoms with E-state index >= 15 is 0 Å². The van der Waals surface area contributed by atoms with Gasteiger partial charge >= 0.3 is 5.97 Å². The molecule has 110 valence electrons. The van der Waals surface area contributed by atoms with Gasteiger partial charge in [0.25, 0.3) is 0 Å². The summed E-state index contributed by atoms with van der Waals surface area (Å²) in [5.41, 5.74) is -0.0393. The minimum atomic E-state index is -0.590. The number of esters is 1. The van der Waals surface area contributed by atoms with E-state index in [1.165, 1.54) is 25.3 Å². The maximum Gasteiger partial charge on any atom is 0.308 e. The van der Waals surface area contributed by atoms with Crippen molar-refractivity contribution in [1.29, 1.82) is 0 Å². The van der Waals surface area contributed by atoms with Crippen molar-refractivity contribution in [3.8, 4) is 0 Å². The van der Waals surface area contributed by atoms with Crippen LogP contribution in [0.3, 0.4) is 0 Å². The van der Waals surface area contributed by atoms with E-state index in [-0.39, 0.29) is 30.2 Å². The third-order valence-electron chi connectivity index (χ3n) is 3.73. The molecule has 2 rings (SSSR count). The van der Waals surface area contributed by atoms with E-state index < -0.39 is 11.6 Å². The molecule has 1 saturated carbocycles. The highest BCUT2D eigenvalue weighted by Gasteiger charge is 2.27.